The Bertz CT molecular complexity index is 709. The predicted molar refractivity (Wildman–Crippen MR) is 77.0 cm³/mol. The monoisotopic (exact) mass is 240 g/mol. The smallest absolute Gasteiger partial charge is 0.136 e. The first-order chi connectivity index (χ1) is 8.31. The van der Waals surface area contributed by atoms with Crippen molar-refractivity contribution in [3.05, 3.63) is 54.6 Å². The molecule has 1 nitrogen and oxygen atoms in total. The summed E-state index contributed by atoms with van der Waals surface area (Å²) in [6.45, 7) is 6.31. The zero-order valence-corrected chi connectivity index (χ0v) is 10.7. The van der Waals surface area contributed by atoms with E-state index in [0.29, 0.717) is 0 Å². The van der Waals surface area contributed by atoms with Crippen LogP contribution >= 0.6 is 8.58 Å². The van der Waals surface area contributed by atoms with Gasteiger partial charge >= 0.3 is 0 Å². The molecule has 1 aromatic heterocycles. The van der Waals surface area contributed by atoms with Crippen LogP contribution in [0.2, 0.25) is 0 Å². The Hall–Kier alpha value is -1.59. The van der Waals surface area contributed by atoms with E-state index in [1.54, 1.807) is 0 Å². The Labute approximate surface area is 102 Å². The lowest BCUT2D eigenvalue weighted by Gasteiger charge is -2.04. The predicted octanol–water partition coefficient (Wildman–Crippen LogP) is 4.87. The third kappa shape index (κ3) is 1.59. The van der Waals surface area contributed by atoms with Crippen molar-refractivity contribution in [2.45, 2.75) is 0 Å². The van der Waals surface area contributed by atoms with Crippen molar-refractivity contribution >= 4 is 35.8 Å². The number of rotatable bonds is 2. The van der Waals surface area contributed by atoms with E-state index in [1.807, 2.05) is 30.3 Å². The van der Waals surface area contributed by atoms with Crippen LogP contribution < -0.4 is 0 Å². The number of benzene rings is 2. The summed E-state index contributed by atoms with van der Waals surface area (Å²) >= 11 is 0. The molecule has 0 saturated heterocycles. The lowest BCUT2D eigenvalue weighted by molar-refractivity contribution is 0.669. The molecular formula is C15H13OP. The minimum Gasteiger partial charge on any atom is -0.456 e. The van der Waals surface area contributed by atoms with Crippen LogP contribution in [0.5, 0.6) is 0 Å². The molecule has 2 aromatic carbocycles. The minimum absolute atomic E-state index is 0.720. The van der Waals surface area contributed by atoms with Crippen molar-refractivity contribution in [2.24, 2.45) is 0 Å². The van der Waals surface area contributed by atoms with Gasteiger partial charge in [-0.05, 0) is 29.7 Å². The Kier molecular flexibility index (Phi) is 2.49. The molecule has 0 radical (unpaired) electrons. The van der Waals surface area contributed by atoms with Gasteiger partial charge in [0.15, 0.2) is 0 Å². The summed E-state index contributed by atoms with van der Waals surface area (Å²) in [6, 6.07) is 14.3. The average Bonchev–Trinajstić information content (AvgIpc) is 2.76. The van der Waals surface area contributed by atoms with Crippen LogP contribution in [0, 0.1) is 0 Å². The third-order valence-corrected chi connectivity index (χ3v) is 3.90. The van der Waals surface area contributed by atoms with Gasteiger partial charge in [0.2, 0.25) is 0 Å². The van der Waals surface area contributed by atoms with E-state index in [0.717, 1.165) is 19.7 Å². The molecule has 2 heteroatoms. The molecule has 3 aromatic rings. The van der Waals surface area contributed by atoms with Gasteiger partial charge in [0.05, 0.1) is 0 Å². The van der Waals surface area contributed by atoms with E-state index in [-0.39, 0.29) is 0 Å². The molecule has 0 aliphatic carbocycles. The van der Waals surface area contributed by atoms with Crippen LogP contribution in [-0.4, -0.2) is 6.66 Å². The highest BCUT2D eigenvalue weighted by Crippen LogP contribution is 2.38. The van der Waals surface area contributed by atoms with Gasteiger partial charge in [0.1, 0.15) is 11.2 Å². The molecule has 0 aliphatic rings. The zero-order chi connectivity index (χ0) is 11.8. The summed E-state index contributed by atoms with van der Waals surface area (Å²) in [5.41, 5.74) is 3.11. The first kappa shape index (κ1) is 10.6. The lowest BCUT2D eigenvalue weighted by Crippen LogP contribution is -1.78. The molecular weight excluding hydrogens is 227 g/mol. The molecule has 1 atom stereocenters. The second-order valence-corrected chi connectivity index (χ2v) is 5.11. The largest absolute Gasteiger partial charge is 0.456 e. The molecule has 3 rings (SSSR count). The first-order valence-corrected chi connectivity index (χ1v) is 7.08. The topological polar surface area (TPSA) is 13.1 Å². The fourth-order valence-electron chi connectivity index (χ4n) is 2.16. The maximum absolute atomic E-state index is 5.85. The Morgan fingerprint density at radius 3 is 2.65 bits per heavy atom. The summed E-state index contributed by atoms with van der Waals surface area (Å²) in [6.07, 6.45) is 0. The molecule has 0 fully saturated rings. The van der Waals surface area contributed by atoms with Crippen molar-refractivity contribution in [3.8, 4) is 0 Å². The van der Waals surface area contributed by atoms with Crippen LogP contribution in [0.15, 0.2) is 53.5 Å². The summed E-state index contributed by atoms with van der Waals surface area (Å²) in [5, 5.41) is 3.56. The number of hydrogen-bond donors (Lipinski definition) is 0. The highest BCUT2D eigenvalue weighted by molar-refractivity contribution is 7.49. The molecule has 0 N–H and O–H groups in total. The van der Waals surface area contributed by atoms with Crippen molar-refractivity contribution in [1.82, 2.24) is 0 Å². The zero-order valence-electron chi connectivity index (χ0n) is 9.66. The molecule has 1 heterocycles. The molecule has 0 spiro atoms. The molecule has 0 bridgehead atoms. The Morgan fingerprint density at radius 2 is 1.82 bits per heavy atom. The molecule has 0 aliphatic heterocycles. The Morgan fingerprint density at radius 1 is 1.06 bits per heavy atom. The van der Waals surface area contributed by atoms with Crippen molar-refractivity contribution < 1.29 is 4.42 Å². The SMILES string of the molecule is C=C(PC)c1cccc2oc3ccccc3c12. The van der Waals surface area contributed by atoms with E-state index < -0.39 is 0 Å². The van der Waals surface area contributed by atoms with Crippen LogP contribution in [0.4, 0.5) is 0 Å². The fraction of sp³-hybridized carbons (Fsp3) is 0.0667. The van der Waals surface area contributed by atoms with Crippen LogP contribution in [0.3, 0.4) is 0 Å². The van der Waals surface area contributed by atoms with Crippen molar-refractivity contribution in [3.63, 3.8) is 0 Å². The van der Waals surface area contributed by atoms with E-state index in [1.165, 1.54) is 21.7 Å². The van der Waals surface area contributed by atoms with E-state index in [9.17, 15) is 0 Å². The van der Waals surface area contributed by atoms with Gasteiger partial charge in [0.25, 0.3) is 0 Å². The minimum atomic E-state index is 0.720. The number of para-hydroxylation sites is 1. The van der Waals surface area contributed by atoms with E-state index >= 15 is 0 Å². The average molecular weight is 240 g/mol. The molecule has 1 unspecified atom stereocenters. The van der Waals surface area contributed by atoms with Gasteiger partial charge < -0.3 is 4.42 Å². The maximum Gasteiger partial charge on any atom is 0.136 e. The summed E-state index contributed by atoms with van der Waals surface area (Å²) in [5.74, 6) is 0. The first-order valence-electron chi connectivity index (χ1n) is 5.58. The normalized spacial score (nSPS) is 11.8. The molecule has 84 valence electrons. The highest BCUT2D eigenvalue weighted by Gasteiger charge is 2.11. The maximum atomic E-state index is 5.85. The van der Waals surface area contributed by atoms with Gasteiger partial charge in [0, 0.05) is 10.8 Å². The molecule has 17 heavy (non-hydrogen) atoms. The highest BCUT2D eigenvalue weighted by atomic mass is 31.1. The number of fused-ring (bicyclic) bond motifs is 3. The van der Waals surface area contributed by atoms with Crippen LogP contribution in [-0.2, 0) is 0 Å². The quantitative estimate of drug-likeness (QED) is 0.583. The lowest BCUT2D eigenvalue weighted by atomic mass is 10.1. The number of furan rings is 1. The van der Waals surface area contributed by atoms with Crippen molar-refractivity contribution in [2.75, 3.05) is 6.66 Å². The summed E-state index contributed by atoms with van der Waals surface area (Å²) in [7, 11) is 0.720. The number of hydrogen-bond acceptors (Lipinski definition) is 1. The van der Waals surface area contributed by atoms with E-state index in [4.69, 9.17) is 4.42 Å². The van der Waals surface area contributed by atoms with Gasteiger partial charge in [-0.2, -0.15) is 0 Å². The fourth-order valence-corrected chi connectivity index (χ4v) is 2.64. The van der Waals surface area contributed by atoms with Gasteiger partial charge in [-0.15, -0.1) is 0 Å². The second kappa shape index (κ2) is 4.01. The third-order valence-electron chi connectivity index (χ3n) is 3.03. The van der Waals surface area contributed by atoms with Crippen molar-refractivity contribution in [1.29, 1.82) is 0 Å². The molecule has 0 amide bonds. The standard InChI is InChI=1S/C15H13OP/c1-10(17-2)11-7-5-9-14-15(11)12-6-3-4-8-13(12)16-14/h3-9,17H,1H2,2H3. The van der Waals surface area contributed by atoms with Gasteiger partial charge in [-0.1, -0.05) is 45.5 Å². The summed E-state index contributed by atoms with van der Waals surface area (Å²) in [4.78, 5) is 0. The second-order valence-electron chi connectivity index (χ2n) is 4.01. The molecule has 0 saturated carbocycles. The Balaban J connectivity index is 2.47. The van der Waals surface area contributed by atoms with Crippen LogP contribution in [0.25, 0.3) is 27.3 Å². The van der Waals surface area contributed by atoms with Gasteiger partial charge in [-0.3, -0.25) is 0 Å². The van der Waals surface area contributed by atoms with Gasteiger partial charge in [-0.25, -0.2) is 0 Å². The summed E-state index contributed by atoms with van der Waals surface area (Å²) < 4.78 is 5.85. The van der Waals surface area contributed by atoms with E-state index in [2.05, 4.69) is 25.4 Å². The van der Waals surface area contributed by atoms with Crippen LogP contribution in [0.1, 0.15) is 5.56 Å².